The van der Waals surface area contributed by atoms with Gasteiger partial charge < -0.3 is 5.32 Å². The summed E-state index contributed by atoms with van der Waals surface area (Å²) in [6.07, 6.45) is 6.29. The second-order valence-electron chi connectivity index (χ2n) is 6.49. The highest BCUT2D eigenvalue weighted by atomic mass is 15.2. The first kappa shape index (κ1) is 13.4. The molecule has 3 atom stereocenters. The van der Waals surface area contributed by atoms with E-state index in [1.807, 2.05) is 16.9 Å². The van der Waals surface area contributed by atoms with Crippen molar-refractivity contribution in [2.24, 2.45) is 11.8 Å². The lowest BCUT2D eigenvalue weighted by Gasteiger charge is -2.20. The van der Waals surface area contributed by atoms with Gasteiger partial charge >= 0.3 is 0 Å². The minimum Gasteiger partial charge on any atom is -0.365 e. The van der Waals surface area contributed by atoms with Crippen LogP contribution in [0.25, 0.3) is 5.52 Å². The van der Waals surface area contributed by atoms with E-state index in [0.717, 1.165) is 22.9 Å². The summed E-state index contributed by atoms with van der Waals surface area (Å²) < 4.78 is 1.94. The van der Waals surface area contributed by atoms with Crippen molar-refractivity contribution in [3.8, 4) is 0 Å². The largest absolute Gasteiger partial charge is 0.365 e. The van der Waals surface area contributed by atoms with Gasteiger partial charge in [0.2, 0.25) is 0 Å². The highest BCUT2D eigenvalue weighted by Crippen LogP contribution is 2.33. The minimum absolute atomic E-state index is 0.438. The molecule has 108 valence electrons. The summed E-state index contributed by atoms with van der Waals surface area (Å²) in [5.41, 5.74) is 2.21. The van der Waals surface area contributed by atoms with Gasteiger partial charge in [-0.3, -0.25) is 0 Å². The number of hydrogen-bond donors (Lipinski definition) is 1. The van der Waals surface area contributed by atoms with E-state index in [1.165, 1.54) is 12.8 Å². The Morgan fingerprint density at radius 3 is 2.75 bits per heavy atom. The van der Waals surface area contributed by atoms with Crippen LogP contribution in [0, 0.1) is 11.8 Å². The van der Waals surface area contributed by atoms with Gasteiger partial charge in [-0.05, 0) is 36.7 Å². The maximum atomic E-state index is 4.62. The summed E-state index contributed by atoms with van der Waals surface area (Å²) in [7, 11) is 0. The van der Waals surface area contributed by atoms with Gasteiger partial charge in [0.15, 0.2) is 5.82 Å². The number of aromatic nitrogens is 3. The van der Waals surface area contributed by atoms with E-state index >= 15 is 0 Å². The first-order valence-electron chi connectivity index (χ1n) is 7.67. The first-order valence-corrected chi connectivity index (χ1v) is 7.67. The number of nitrogens with zero attached hydrogens (tertiary/aromatic N) is 3. The van der Waals surface area contributed by atoms with Crippen LogP contribution in [-0.4, -0.2) is 20.6 Å². The predicted octanol–water partition coefficient (Wildman–Crippen LogP) is 3.70. The molecule has 1 aliphatic rings. The Morgan fingerprint density at radius 1 is 1.30 bits per heavy atom. The standard InChI is InChI=1S/C16H24N4/c1-10(2)14-9-15-16(17-7-8-20(15)19-14)18-13-6-5-11(3)12(13)4/h7-13H,5-6H2,1-4H3,(H,17,18). The van der Waals surface area contributed by atoms with E-state index in [2.05, 4.69) is 49.2 Å². The van der Waals surface area contributed by atoms with E-state index < -0.39 is 0 Å². The first-order chi connectivity index (χ1) is 9.56. The minimum atomic E-state index is 0.438. The normalized spacial score (nSPS) is 26.6. The summed E-state index contributed by atoms with van der Waals surface area (Å²) >= 11 is 0. The third-order valence-corrected chi connectivity index (χ3v) is 4.79. The zero-order valence-corrected chi connectivity index (χ0v) is 12.8. The fourth-order valence-corrected chi connectivity index (χ4v) is 3.08. The number of rotatable bonds is 3. The lowest BCUT2D eigenvalue weighted by atomic mass is 9.98. The van der Waals surface area contributed by atoms with Gasteiger partial charge in [-0.2, -0.15) is 5.10 Å². The molecule has 0 radical (unpaired) electrons. The van der Waals surface area contributed by atoms with Crippen LogP contribution in [0.15, 0.2) is 18.5 Å². The molecule has 3 unspecified atom stereocenters. The second-order valence-corrected chi connectivity index (χ2v) is 6.49. The maximum absolute atomic E-state index is 4.62. The molecular weight excluding hydrogens is 248 g/mol. The maximum Gasteiger partial charge on any atom is 0.152 e. The number of anilines is 1. The van der Waals surface area contributed by atoms with Crippen molar-refractivity contribution < 1.29 is 0 Å². The number of hydrogen-bond acceptors (Lipinski definition) is 3. The molecule has 4 nitrogen and oxygen atoms in total. The second kappa shape index (κ2) is 5.08. The van der Waals surface area contributed by atoms with Gasteiger partial charge in [-0.25, -0.2) is 9.50 Å². The Kier molecular flexibility index (Phi) is 3.40. The molecular formula is C16H24N4. The molecule has 0 saturated heterocycles. The van der Waals surface area contributed by atoms with Gasteiger partial charge in [-0.1, -0.05) is 27.7 Å². The Bertz CT molecular complexity index is 602. The van der Waals surface area contributed by atoms with Crippen LogP contribution < -0.4 is 5.32 Å². The average Bonchev–Trinajstić information content (AvgIpc) is 2.98. The smallest absolute Gasteiger partial charge is 0.152 e. The lowest BCUT2D eigenvalue weighted by Crippen LogP contribution is -2.24. The Balaban J connectivity index is 1.91. The van der Waals surface area contributed by atoms with Crippen LogP contribution in [0.1, 0.15) is 52.1 Å². The molecule has 0 aliphatic heterocycles. The molecule has 0 bridgehead atoms. The fraction of sp³-hybridized carbons (Fsp3) is 0.625. The van der Waals surface area contributed by atoms with Gasteiger partial charge in [0, 0.05) is 18.4 Å². The van der Waals surface area contributed by atoms with Gasteiger partial charge in [0.25, 0.3) is 0 Å². The van der Waals surface area contributed by atoms with Gasteiger partial charge in [0.1, 0.15) is 5.52 Å². The summed E-state index contributed by atoms with van der Waals surface area (Å²) in [6, 6.07) is 2.68. The molecule has 20 heavy (non-hydrogen) atoms. The van der Waals surface area contributed by atoms with Crippen molar-refractivity contribution in [2.75, 3.05) is 5.32 Å². The Morgan fingerprint density at radius 2 is 2.10 bits per heavy atom. The van der Waals surface area contributed by atoms with Crippen molar-refractivity contribution in [3.63, 3.8) is 0 Å². The summed E-state index contributed by atoms with van der Waals surface area (Å²) in [6.45, 7) is 9.02. The van der Waals surface area contributed by atoms with Crippen molar-refractivity contribution in [2.45, 2.75) is 52.5 Å². The molecule has 2 heterocycles. The monoisotopic (exact) mass is 272 g/mol. The molecule has 0 amide bonds. The lowest BCUT2D eigenvalue weighted by molar-refractivity contribution is 0.435. The third-order valence-electron chi connectivity index (χ3n) is 4.79. The molecule has 1 fully saturated rings. The third kappa shape index (κ3) is 2.28. The van der Waals surface area contributed by atoms with Crippen LogP contribution in [0.4, 0.5) is 5.82 Å². The van der Waals surface area contributed by atoms with Crippen LogP contribution in [0.2, 0.25) is 0 Å². The van der Waals surface area contributed by atoms with Crippen LogP contribution >= 0.6 is 0 Å². The van der Waals surface area contributed by atoms with Crippen molar-refractivity contribution in [3.05, 3.63) is 24.2 Å². The van der Waals surface area contributed by atoms with Crippen LogP contribution in [0.5, 0.6) is 0 Å². The fourth-order valence-electron chi connectivity index (χ4n) is 3.08. The predicted molar refractivity (Wildman–Crippen MR) is 82.0 cm³/mol. The highest BCUT2D eigenvalue weighted by Gasteiger charge is 2.30. The average molecular weight is 272 g/mol. The summed E-state index contributed by atoms with van der Waals surface area (Å²) in [5.74, 6) is 2.90. The molecule has 2 aromatic rings. The highest BCUT2D eigenvalue weighted by molar-refractivity contribution is 5.68. The van der Waals surface area contributed by atoms with Crippen molar-refractivity contribution >= 4 is 11.3 Å². The zero-order valence-electron chi connectivity index (χ0n) is 12.8. The van der Waals surface area contributed by atoms with Gasteiger partial charge in [-0.15, -0.1) is 0 Å². The van der Waals surface area contributed by atoms with E-state index in [4.69, 9.17) is 0 Å². The van der Waals surface area contributed by atoms with Crippen LogP contribution in [0.3, 0.4) is 0 Å². The van der Waals surface area contributed by atoms with E-state index in [1.54, 1.807) is 0 Å². The van der Waals surface area contributed by atoms with Crippen molar-refractivity contribution in [1.29, 1.82) is 0 Å². The molecule has 0 spiro atoms. The quantitative estimate of drug-likeness (QED) is 0.926. The van der Waals surface area contributed by atoms with E-state index in [0.29, 0.717) is 17.9 Å². The van der Waals surface area contributed by atoms with E-state index in [-0.39, 0.29) is 0 Å². The molecule has 2 aromatic heterocycles. The zero-order chi connectivity index (χ0) is 14.3. The number of fused-ring (bicyclic) bond motifs is 1. The topological polar surface area (TPSA) is 42.2 Å². The van der Waals surface area contributed by atoms with Crippen molar-refractivity contribution in [1.82, 2.24) is 14.6 Å². The SMILES string of the molecule is CC(C)c1cc2c(NC3CCC(C)C3C)nccn2n1. The number of nitrogens with one attached hydrogen (secondary N) is 1. The molecule has 1 N–H and O–H groups in total. The van der Waals surface area contributed by atoms with E-state index in [9.17, 15) is 0 Å². The molecule has 0 aromatic carbocycles. The molecule has 4 heteroatoms. The molecule has 3 rings (SSSR count). The summed E-state index contributed by atoms with van der Waals surface area (Å²) in [4.78, 5) is 4.53. The summed E-state index contributed by atoms with van der Waals surface area (Å²) in [5, 5.41) is 8.26. The van der Waals surface area contributed by atoms with Crippen LogP contribution in [-0.2, 0) is 0 Å². The van der Waals surface area contributed by atoms with Gasteiger partial charge in [0.05, 0.1) is 5.69 Å². The Labute approximate surface area is 120 Å². The molecule has 1 saturated carbocycles. The molecule has 1 aliphatic carbocycles. The Hall–Kier alpha value is -1.58.